The standard InChI is InChI=1S/C23H18N4O4S/c1-3-14-6-8-15(9-7-14)21-25-19(30-27-21)12-29-23(28)16-11-17(18-5-4-10-32-18)24-22-20(16)13(2)26-31-22/h4-11H,3,12H2,1-2H3. The summed E-state index contributed by atoms with van der Waals surface area (Å²) in [5, 5.41) is 10.4. The smallest absolute Gasteiger partial charge is 0.339 e. The van der Waals surface area contributed by atoms with Crippen molar-refractivity contribution in [2.24, 2.45) is 0 Å². The van der Waals surface area contributed by atoms with Gasteiger partial charge in [-0.2, -0.15) is 4.98 Å². The summed E-state index contributed by atoms with van der Waals surface area (Å²) < 4.78 is 16.0. The average molecular weight is 446 g/mol. The zero-order valence-electron chi connectivity index (χ0n) is 17.4. The minimum atomic E-state index is -0.548. The van der Waals surface area contributed by atoms with E-state index in [1.54, 1.807) is 13.0 Å². The van der Waals surface area contributed by atoms with Gasteiger partial charge < -0.3 is 13.8 Å². The van der Waals surface area contributed by atoms with Crippen LogP contribution in [0.5, 0.6) is 0 Å². The summed E-state index contributed by atoms with van der Waals surface area (Å²) in [7, 11) is 0. The second-order valence-corrected chi connectivity index (χ2v) is 8.07. The fourth-order valence-electron chi connectivity index (χ4n) is 3.33. The predicted molar refractivity (Wildman–Crippen MR) is 118 cm³/mol. The van der Waals surface area contributed by atoms with Crippen molar-refractivity contribution >= 4 is 28.4 Å². The van der Waals surface area contributed by atoms with E-state index >= 15 is 0 Å². The van der Waals surface area contributed by atoms with Crippen LogP contribution >= 0.6 is 11.3 Å². The summed E-state index contributed by atoms with van der Waals surface area (Å²) in [6.45, 7) is 3.70. The molecule has 5 rings (SSSR count). The Kier molecular flexibility index (Phi) is 5.24. The van der Waals surface area contributed by atoms with Crippen LogP contribution in [0.25, 0.3) is 33.1 Å². The first kappa shape index (κ1) is 20.1. The maximum Gasteiger partial charge on any atom is 0.339 e. The first-order valence-corrected chi connectivity index (χ1v) is 10.9. The summed E-state index contributed by atoms with van der Waals surface area (Å²) in [5.41, 5.74) is 3.85. The van der Waals surface area contributed by atoms with Crippen molar-refractivity contribution in [3.8, 4) is 22.0 Å². The maximum atomic E-state index is 12.9. The predicted octanol–water partition coefficient (Wildman–Crippen LogP) is 5.23. The first-order valence-electron chi connectivity index (χ1n) is 10.0. The fraction of sp³-hybridized carbons (Fsp3) is 0.174. The molecule has 0 saturated carbocycles. The van der Waals surface area contributed by atoms with Gasteiger partial charge in [0.2, 0.25) is 5.82 Å². The zero-order chi connectivity index (χ0) is 22.1. The van der Waals surface area contributed by atoms with Crippen LogP contribution in [0.1, 0.15) is 34.4 Å². The van der Waals surface area contributed by atoms with Gasteiger partial charge in [0.15, 0.2) is 6.61 Å². The Bertz CT molecular complexity index is 1390. The largest absolute Gasteiger partial charge is 0.452 e. The summed E-state index contributed by atoms with van der Waals surface area (Å²) >= 11 is 1.51. The normalized spacial score (nSPS) is 11.2. The number of pyridine rings is 1. The van der Waals surface area contributed by atoms with Crippen molar-refractivity contribution in [1.82, 2.24) is 20.3 Å². The third-order valence-corrected chi connectivity index (χ3v) is 5.92. The second kappa shape index (κ2) is 8.35. The number of ether oxygens (including phenoxy) is 1. The van der Waals surface area contributed by atoms with E-state index in [0.717, 1.165) is 16.9 Å². The molecular formula is C23H18N4O4S. The van der Waals surface area contributed by atoms with Crippen LogP contribution in [0.3, 0.4) is 0 Å². The van der Waals surface area contributed by atoms with E-state index < -0.39 is 5.97 Å². The number of rotatable bonds is 6. The van der Waals surface area contributed by atoms with E-state index in [2.05, 4.69) is 27.2 Å². The number of carbonyl (C=O) groups excluding carboxylic acids is 1. The van der Waals surface area contributed by atoms with Crippen LogP contribution in [0.4, 0.5) is 0 Å². The minimum Gasteiger partial charge on any atom is -0.452 e. The van der Waals surface area contributed by atoms with Gasteiger partial charge in [-0.3, -0.25) is 0 Å². The van der Waals surface area contributed by atoms with Crippen LogP contribution in [-0.2, 0) is 17.8 Å². The van der Waals surface area contributed by atoms with E-state index in [4.69, 9.17) is 13.8 Å². The van der Waals surface area contributed by atoms with Crippen molar-refractivity contribution < 1.29 is 18.6 Å². The molecule has 4 aromatic heterocycles. The maximum absolute atomic E-state index is 12.9. The number of hydrogen-bond acceptors (Lipinski definition) is 9. The number of hydrogen-bond donors (Lipinski definition) is 0. The molecule has 0 aliphatic carbocycles. The van der Waals surface area contributed by atoms with Gasteiger partial charge >= 0.3 is 5.97 Å². The van der Waals surface area contributed by atoms with Gasteiger partial charge in [-0.15, -0.1) is 11.3 Å². The Hall–Kier alpha value is -3.85. The van der Waals surface area contributed by atoms with Crippen molar-refractivity contribution in [3.05, 3.63) is 70.6 Å². The van der Waals surface area contributed by atoms with Gasteiger partial charge in [-0.05, 0) is 36.4 Å². The SMILES string of the molecule is CCc1ccc(-c2noc(COC(=O)c3cc(-c4cccs4)nc4onc(C)c34)n2)cc1. The molecule has 0 aliphatic rings. The van der Waals surface area contributed by atoms with E-state index in [1.807, 2.05) is 41.8 Å². The third kappa shape index (κ3) is 3.78. The Morgan fingerprint density at radius 3 is 2.69 bits per heavy atom. The molecule has 0 saturated heterocycles. The quantitative estimate of drug-likeness (QED) is 0.327. The van der Waals surface area contributed by atoms with Crippen LogP contribution in [-0.4, -0.2) is 26.3 Å². The highest BCUT2D eigenvalue weighted by atomic mass is 32.1. The number of thiophene rings is 1. The molecule has 0 unspecified atom stereocenters. The summed E-state index contributed by atoms with van der Waals surface area (Å²) in [6, 6.07) is 13.4. The van der Waals surface area contributed by atoms with E-state index in [-0.39, 0.29) is 18.2 Å². The first-order chi connectivity index (χ1) is 15.6. The van der Waals surface area contributed by atoms with Gasteiger partial charge in [0.05, 0.1) is 27.2 Å². The number of benzene rings is 1. The number of esters is 1. The topological polar surface area (TPSA) is 104 Å². The highest BCUT2D eigenvalue weighted by molar-refractivity contribution is 7.13. The van der Waals surface area contributed by atoms with E-state index in [1.165, 1.54) is 16.9 Å². The van der Waals surface area contributed by atoms with E-state index in [0.29, 0.717) is 28.2 Å². The lowest BCUT2D eigenvalue weighted by Gasteiger charge is -2.05. The molecule has 0 spiro atoms. The molecule has 160 valence electrons. The number of fused-ring (bicyclic) bond motifs is 1. The van der Waals surface area contributed by atoms with Crippen molar-refractivity contribution in [1.29, 1.82) is 0 Å². The molecule has 4 heterocycles. The Morgan fingerprint density at radius 1 is 1.09 bits per heavy atom. The van der Waals surface area contributed by atoms with Gasteiger partial charge in [-0.25, -0.2) is 9.78 Å². The van der Waals surface area contributed by atoms with Gasteiger partial charge in [0, 0.05) is 5.56 Å². The number of aromatic nitrogens is 4. The summed E-state index contributed by atoms with van der Waals surface area (Å²) in [5.74, 6) is 0.104. The molecule has 8 nitrogen and oxygen atoms in total. The molecule has 5 aromatic rings. The van der Waals surface area contributed by atoms with Gasteiger partial charge in [0.25, 0.3) is 11.6 Å². The third-order valence-electron chi connectivity index (χ3n) is 5.03. The van der Waals surface area contributed by atoms with Crippen molar-refractivity contribution in [2.45, 2.75) is 26.9 Å². The molecular weight excluding hydrogens is 428 g/mol. The molecule has 32 heavy (non-hydrogen) atoms. The Morgan fingerprint density at radius 2 is 1.94 bits per heavy atom. The minimum absolute atomic E-state index is 0.151. The number of nitrogens with zero attached hydrogens (tertiary/aromatic N) is 4. The molecule has 9 heteroatoms. The highest BCUT2D eigenvalue weighted by Gasteiger charge is 2.21. The Balaban J connectivity index is 1.37. The number of carbonyl (C=O) groups is 1. The lowest BCUT2D eigenvalue weighted by Crippen LogP contribution is -2.07. The fourth-order valence-corrected chi connectivity index (χ4v) is 4.02. The lowest BCUT2D eigenvalue weighted by atomic mass is 10.1. The molecule has 0 radical (unpaired) electrons. The molecule has 0 amide bonds. The van der Waals surface area contributed by atoms with Crippen LogP contribution in [0, 0.1) is 6.92 Å². The monoisotopic (exact) mass is 446 g/mol. The molecule has 1 aromatic carbocycles. The lowest BCUT2D eigenvalue weighted by molar-refractivity contribution is 0.0432. The van der Waals surface area contributed by atoms with Crippen molar-refractivity contribution in [3.63, 3.8) is 0 Å². The van der Waals surface area contributed by atoms with Crippen LogP contribution < -0.4 is 0 Å². The summed E-state index contributed by atoms with van der Waals surface area (Å²) in [6.07, 6.45) is 0.954. The second-order valence-electron chi connectivity index (χ2n) is 7.12. The van der Waals surface area contributed by atoms with E-state index in [9.17, 15) is 4.79 Å². The van der Waals surface area contributed by atoms with Crippen molar-refractivity contribution in [2.75, 3.05) is 0 Å². The molecule has 0 fully saturated rings. The van der Waals surface area contributed by atoms with Crippen LogP contribution in [0.15, 0.2) is 56.9 Å². The molecule has 0 N–H and O–H groups in total. The molecule has 0 aliphatic heterocycles. The van der Waals surface area contributed by atoms with Gasteiger partial charge in [-0.1, -0.05) is 47.6 Å². The summed E-state index contributed by atoms with van der Waals surface area (Å²) in [4.78, 5) is 22.7. The zero-order valence-corrected chi connectivity index (χ0v) is 18.2. The molecule has 0 bridgehead atoms. The average Bonchev–Trinajstić information content (AvgIpc) is 3.59. The highest BCUT2D eigenvalue weighted by Crippen LogP contribution is 2.30. The van der Waals surface area contributed by atoms with Crippen LogP contribution in [0.2, 0.25) is 0 Å². The number of aryl methyl sites for hydroxylation is 2. The Labute approximate surface area is 186 Å². The van der Waals surface area contributed by atoms with Gasteiger partial charge in [0.1, 0.15) is 0 Å². The molecule has 0 atom stereocenters.